The van der Waals surface area contributed by atoms with Crippen molar-refractivity contribution >= 4 is 39.5 Å². The fourth-order valence-corrected chi connectivity index (χ4v) is 3.91. The first kappa shape index (κ1) is 14.3. The summed E-state index contributed by atoms with van der Waals surface area (Å²) in [4.78, 5) is 12.9. The van der Waals surface area contributed by atoms with Crippen molar-refractivity contribution in [2.24, 2.45) is 0 Å². The second-order valence-corrected chi connectivity index (χ2v) is 6.83. The van der Waals surface area contributed by atoms with Gasteiger partial charge in [-0.2, -0.15) is 0 Å². The number of rotatable bonds is 3. The van der Waals surface area contributed by atoms with Crippen LogP contribution in [0.4, 0.5) is 0 Å². The Morgan fingerprint density at radius 1 is 1.30 bits per heavy atom. The van der Waals surface area contributed by atoms with Crippen LogP contribution < -0.4 is 5.56 Å². The highest BCUT2D eigenvalue weighted by Crippen LogP contribution is 2.21. The minimum atomic E-state index is -0.0146. The fraction of sp³-hybridized carbons (Fsp3) is 0.188. The number of benzene rings is 1. The number of H-pyrrole nitrogens is 1. The quantitative estimate of drug-likeness (QED) is 0.579. The SMILES string of the molecule is CC(Cn1c(=O)c2sccc2n2c(=S)[nH]nc12)c1ccccc1. The van der Waals surface area contributed by atoms with E-state index in [1.54, 1.807) is 4.57 Å². The van der Waals surface area contributed by atoms with E-state index in [1.165, 1.54) is 16.9 Å². The van der Waals surface area contributed by atoms with Gasteiger partial charge >= 0.3 is 0 Å². The zero-order chi connectivity index (χ0) is 16.0. The first-order chi connectivity index (χ1) is 11.2. The van der Waals surface area contributed by atoms with Crippen LogP contribution in [-0.2, 0) is 6.54 Å². The molecule has 116 valence electrons. The Kier molecular flexibility index (Phi) is 3.39. The maximum atomic E-state index is 12.9. The van der Waals surface area contributed by atoms with Gasteiger partial charge in [-0.1, -0.05) is 37.3 Å². The second-order valence-electron chi connectivity index (χ2n) is 5.53. The molecular weight excluding hydrogens is 328 g/mol. The first-order valence-corrected chi connectivity index (χ1v) is 8.57. The van der Waals surface area contributed by atoms with Gasteiger partial charge in [-0.3, -0.25) is 13.8 Å². The average Bonchev–Trinajstić information content (AvgIpc) is 3.19. The topological polar surface area (TPSA) is 55.1 Å². The molecule has 0 radical (unpaired) electrons. The van der Waals surface area contributed by atoms with Gasteiger partial charge in [0.25, 0.3) is 5.56 Å². The van der Waals surface area contributed by atoms with Crippen molar-refractivity contribution in [2.45, 2.75) is 19.4 Å². The first-order valence-electron chi connectivity index (χ1n) is 7.29. The van der Waals surface area contributed by atoms with Crippen LogP contribution in [0.5, 0.6) is 0 Å². The minimum absolute atomic E-state index is 0.0146. The third-order valence-electron chi connectivity index (χ3n) is 4.05. The van der Waals surface area contributed by atoms with Crippen LogP contribution in [0.15, 0.2) is 46.6 Å². The van der Waals surface area contributed by atoms with Crippen LogP contribution in [0.2, 0.25) is 0 Å². The molecule has 1 atom stereocenters. The van der Waals surface area contributed by atoms with E-state index in [0.29, 0.717) is 21.8 Å². The zero-order valence-corrected chi connectivity index (χ0v) is 14.0. The van der Waals surface area contributed by atoms with Gasteiger partial charge in [-0.25, -0.2) is 5.10 Å². The Bertz CT molecular complexity index is 1100. The van der Waals surface area contributed by atoms with E-state index >= 15 is 0 Å². The van der Waals surface area contributed by atoms with Crippen molar-refractivity contribution in [1.82, 2.24) is 19.2 Å². The lowest BCUT2D eigenvalue weighted by molar-refractivity contribution is 0.589. The van der Waals surface area contributed by atoms with Crippen LogP contribution in [0.3, 0.4) is 0 Å². The number of hydrogen-bond donors (Lipinski definition) is 1. The van der Waals surface area contributed by atoms with E-state index in [4.69, 9.17) is 12.2 Å². The van der Waals surface area contributed by atoms with Crippen molar-refractivity contribution in [2.75, 3.05) is 0 Å². The van der Waals surface area contributed by atoms with Gasteiger partial charge in [0.2, 0.25) is 10.5 Å². The lowest BCUT2D eigenvalue weighted by Crippen LogP contribution is -2.24. The van der Waals surface area contributed by atoms with Crippen molar-refractivity contribution < 1.29 is 0 Å². The average molecular weight is 342 g/mol. The molecule has 4 rings (SSSR count). The number of aromatic amines is 1. The molecule has 0 bridgehead atoms. The number of hydrogen-bond acceptors (Lipinski definition) is 4. The Hall–Kier alpha value is -2.25. The highest BCUT2D eigenvalue weighted by Gasteiger charge is 2.16. The minimum Gasteiger partial charge on any atom is -0.275 e. The predicted molar refractivity (Wildman–Crippen MR) is 94.9 cm³/mol. The smallest absolute Gasteiger partial charge is 0.272 e. The molecule has 0 aliphatic carbocycles. The summed E-state index contributed by atoms with van der Waals surface area (Å²) in [5.41, 5.74) is 2.00. The fourth-order valence-electron chi connectivity index (χ4n) is 2.86. The largest absolute Gasteiger partial charge is 0.275 e. The second kappa shape index (κ2) is 5.43. The summed E-state index contributed by atoms with van der Waals surface area (Å²) in [5, 5.41) is 8.98. The molecule has 1 aromatic carbocycles. The van der Waals surface area contributed by atoms with Gasteiger partial charge in [0.1, 0.15) is 4.70 Å². The third kappa shape index (κ3) is 2.24. The normalized spacial score (nSPS) is 12.9. The third-order valence-corrected chi connectivity index (χ3v) is 5.21. The van der Waals surface area contributed by atoms with Crippen LogP contribution in [0.1, 0.15) is 18.4 Å². The molecule has 0 amide bonds. The summed E-state index contributed by atoms with van der Waals surface area (Å²) in [6.07, 6.45) is 0. The van der Waals surface area contributed by atoms with Gasteiger partial charge < -0.3 is 0 Å². The molecule has 0 aliphatic heterocycles. The summed E-state index contributed by atoms with van der Waals surface area (Å²) in [5.74, 6) is 0.758. The molecule has 0 fully saturated rings. The van der Waals surface area contributed by atoms with Crippen molar-refractivity contribution in [3.63, 3.8) is 0 Å². The molecule has 1 N–H and O–H groups in total. The van der Waals surface area contributed by atoms with Gasteiger partial charge in [0, 0.05) is 6.54 Å². The van der Waals surface area contributed by atoms with Gasteiger partial charge in [-0.15, -0.1) is 16.4 Å². The van der Waals surface area contributed by atoms with Crippen LogP contribution >= 0.6 is 23.6 Å². The summed E-state index contributed by atoms with van der Waals surface area (Å²) >= 11 is 6.76. The van der Waals surface area contributed by atoms with E-state index in [1.807, 2.05) is 34.0 Å². The van der Waals surface area contributed by atoms with Gasteiger partial charge in [0.05, 0.1) is 5.52 Å². The predicted octanol–water partition coefficient (Wildman–Crippen LogP) is 3.57. The number of fused-ring (bicyclic) bond motifs is 3. The summed E-state index contributed by atoms with van der Waals surface area (Å²) < 4.78 is 4.75. The van der Waals surface area contributed by atoms with E-state index in [0.717, 1.165) is 5.52 Å². The maximum absolute atomic E-state index is 12.9. The van der Waals surface area contributed by atoms with E-state index < -0.39 is 0 Å². The molecular formula is C16H14N4OS2. The van der Waals surface area contributed by atoms with Crippen LogP contribution in [0, 0.1) is 4.77 Å². The molecule has 1 unspecified atom stereocenters. The van der Waals surface area contributed by atoms with Gasteiger partial charge in [-0.05, 0) is 35.1 Å². The molecule has 0 spiro atoms. The number of nitrogens with one attached hydrogen (secondary N) is 1. The van der Waals surface area contributed by atoms with Crippen molar-refractivity contribution in [3.8, 4) is 0 Å². The monoisotopic (exact) mass is 342 g/mol. The molecule has 3 aromatic heterocycles. The lowest BCUT2D eigenvalue weighted by Gasteiger charge is -2.14. The van der Waals surface area contributed by atoms with E-state index in [9.17, 15) is 4.79 Å². The Morgan fingerprint density at radius 2 is 2.09 bits per heavy atom. The summed E-state index contributed by atoms with van der Waals surface area (Å²) in [7, 11) is 0. The number of thiophene rings is 1. The Balaban J connectivity index is 1.93. The molecule has 23 heavy (non-hydrogen) atoms. The Labute approximate surface area is 140 Å². The molecule has 0 aliphatic rings. The number of aromatic nitrogens is 4. The standard InChI is InChI=1S/C16H14N4OS2/c1-10(11-5-3-2-4-6-11)9-19-14(21)13-12(7-8-23-13)20-15(19)17-18-16(20)22/h2-8,10H,9H2,1H3,(H,18,22). The Morgan fingerprint density at radius 3 is 2.87 bits per heavy atom. The van der Waals surface area contributed by atoms with Crippen molar-refractivity contribution in [3.05, 3.63) is 62.5 Å². The summed E-state index contributed by atoms with van der Waals surface area (Å²) in [6, 6.07) is 12.1. The molecule has 0 saturated carbocycles. The highest BCUT2D eigenvalue weighted by atomic mass is 32.1. The van der Waals surface area contributed by atoms with E-state index in [2.05, 4.69) is 29.3 Å². The van der Waals surface area contributed by atoms with Crippen LogP contribution in [0.25, 0.3) is 16.0 Å². The number of nitrogens with zero attached hydrogens (tertiary/aromatic N) is 3. The molecule has 5 nitrogen and oxygen atoms in total. The summed E-state index contributed by atoms with van der Waals surface area (Å²) in [6.45, 7) is 2.66. The van der Waals surface area contributed by atoms with Crippen LogP contribution in [-0.4, -0.2) is 19.2 Å². The molecule has 4 aromatic rings. The van der Waals surface area contributed by atoms with E-state index in [-0.39, 0.29) is 11.5 Å². The maximum Gasteiger partial charge on any atom is 0.272 e. The zero-order valence-electron chi connectivity index (χ0n) is 12.4. The lowest BCUT2D eigenvalue weighted by atomic mass is 10.0. The molecule has 3 heterocycles. The van der Waals surface area contributed by atoms with Crippen molar-refractivity contribution in [1.29, 1.82) is 0 Å². The molecule has 7 heteroatoms. The van der Waals surface area contributed by atoms with Gasteiger partial charge in [0.15, 0.2) is 0 Å². The highest BCUT2D eigenvalue weighted by molar-refractivity contribution is 7.71. The molecule has 0 saturated heterocycles.